The van der Waals surface area contributed by atoms with Crippen molar-refractivity contribution < 1.29 is 17.9 Å². The van der Waals surface area contributed by atoms with Gasteiger partial charge in [-0.2, -0.15) is 13.2 Å². The van der Waals surface area contributed by atoms with Gasteiger partial charge in [0.05, 0.1) is 12.7 Å². The molecule has 0 fully saturated rings. The van der Waals surface area contributed by atoms with Crippen molar-refractivity contribution in [3.63, 3.8) is 0 Å². The van der Waals surface area contributed by atoms with Crippen LogP contribution in [0.2, 0.25) is 0 Å². The summed E-state index contributed by atoms with van der Waals surface area (Å²) in [6.07, 6.45) is -3.12. The Morgan fingerprint density at radius 3 is 2.48 bits per heavy atom. The van der Waals surface area contributed by atoms with Crippen LogP contribution in [0.15, 0.2) is 30.6 Å². The maximum atomic E-state index is 12.7. The molecular weight excluding hydrogens is 285 g/mol. The van der Waals surface area contributed by atoms with Gasteiger partial charge in [-0.25, -0.2) is 9.97 Å². The third-order valence-electron chi connectivity index (χ3n) is 2.70. The molecule has 0 aliphatic rings. The molecule has 112 valence electrons. The lowest BCUT2D eigenvalue weighted by Gasteiger charge is -2.14. The molecule has 5 nitrogen and oxygen atoms in total. The molecule has 1 aromatic carbocycles. The first kappa shape index (κ1) is 14.9. The Labute approximate surface area is 119 Å². The van der Waals surface area contributed by atoms with Gasteiger partial charge >= 0.3 is 6.18 Å². The van der Waals surface area contributed by atoms with Gasteiger partial charge in [-0.05, 0) is 18.2 Å². The third-order valence-corrected chi connectivity index (χ3v) is 2.70. The molecule has 8 heteroatoms. The number of aromatic nitrogens is 2. The number of nitrogens with zero attached hydrogens (tertiary/aromatic N) is 2. The minimum atomic E-state index is -4.40. The summed E-state index contributed by atoms with van der Waals surface area (Å²) in [6.45, 7) is 0. The van der Waals surface area contributed by atoms with E-state index in [9.17, 15) is 13.2 Å². The van der Waals surface area contributed by atoms with E-state index in [-0.39, 0.29) is 11.5 Å². The Morgan fingerprint density at radius 1 is 1.14 bits per heavy atom. The Balaban J connectivity index is 2.35. The number of halogens is 3. The van der Waals surface area contributed by atoms with Crippen LogP contribution in [-0.4, -0.2) is 24.1 Å². The highest BCUT2D eigenvalue weighted by molar-refractivity contribution is 5.69. The highest BCUT2D eigenvalue weighted by atomic mass is 19.4. The number of nitrogens with one attached hydrogen (secondary N) is 2. The molecule has 0 saturated carbocycles. The molecule has 0 aliphatic heterocycles. The number of hydrogen-bond acceptors (Lipinski definition) is 5. The number of ether oxygens (including phenoxy) is 1. The monoisotopic (exact) mass is 298 g/mol. The smallest absolute Gasteiger partial charge is 0.416 e. The minimum absolute atomic E-state index is 0.254. The van der Waals surface area contributed by atoms with Gasteiger partial charge < -0.3 is 15.4 Å². The average molecular weight is 298 g/mol. The molecule has 0 radical (unpaired) electrons. The van der Waals surface area contributed by atoms with Gasteiger partial charge in [0.15, 0.2) is 11.6 Å². The zero-order valence-electron chi connectivity index (χ0n) is 11.3. The molecule has 0 spiro atoms. The van der Waals surface area contributed by atoms with Crippen molar-refractivity contribution in [1.29, 1.82) is 0 Å². The van der Waals surface area contributed by atoms with E-state index < -0.39 is 11.7 Å². The fraction of sp³-hybridized carbons (Fsp3) is 0.231. The lowest BCUT2D eigenvalue weighted by Crippen LogP contribution is -2.06. The standard InChI is InChI=1S/C13H13F3N4O/c1-17-11-10(21-2)12(19-7-18-11)20-9-5-3-4-8(6-9)13(14,15)16/h3-7H,1-2H3,(H2,17,18,19,20). The average Bonchev–Trinajstić information content (AvgIpc) is 2.46. The predicted molar refractivity (Wildman–Crippen MR) is 72.9 cm³/mol. The summed E-state index contributed by atoms with van der Waals surface area (Å²) in [6, 6.07) is 4.83. The first-order valence-corrected chi connectivity index (χ1v) is 5.96. The van der Waals surface area contributed by atoms with Crippen LogP contribution in [0.1, 0.15) is 5.56 Å². The normalized spacial score (nSPS) is 11.1. The fourth-order valence-electron chi connectivity index (χ4n) is 1.74. The summed E-state index contributed by atoms with van der Waals surface area (Å²) in [5.74, 6) is 1.02. The molecule has 0 bridgehead atoms. The molecule has 2 aromatic rings. The minimum Gasteiger partial charge on any atom is -0.490 e. The molecule has 0 saturated heterocycles. The van der Waals surface area contributed by atoms with Crippen LogP contribution >= 0.6 is 0 Å². The van der Waals surface area contributed by atoms with Gasteiger partial charge in [0.1, 0.15) is 6.33 Å². The van der Waals surface area contributed by atoms with Crippen LogP contribution in [0.5, 0.6) is 5.75 Å². The second-order valence-corrected chi connectivity index (χ2v) is 4.06. The molecule has 0 aliphatic carbocycles. The number of alkyl halides is 3. The van der Waals surface area contributed by atoms with E-state index in [1.807, 2.05) is 0 Å². The molecule has 2 rings (SSSR count). The van der Waals surface area contributed by atoms with Gasteiger partial charge in [-0.3, -0.25) is 0 Å². The Morgan fingerprint density at radius 2 is 1.86 bits per heavy atom. The highest BCUT2D eigenvalue weighted by Gasteiger charge is 2.30. The number of methoxy groups -OCH3 is 1. The van der Waals surface area contributed by atoms with Gasteiger partial charge in [0.25, 0.3) is 0 Å². The molecule has 2 N–H and O–H groups in total. The molecule has 0 amide bonds. The number of rotatable bonds is 4. The quantitative estimate of drug-likeness (QED) is 0.907. The third kappa shape index (κ3) is 3.33. The Kier molecular flexibility index (Phi) is 4.15. The molecule has 0 unspecified atom stereocenters. The van der Waals surface area contributed by atoms with E-state index in [0.717, 1.165) is 12.1 Å². The second-order valence-electron chi connectivity index (χ2n) is 4.06. The summed E-state index contributed by atoms with van der Waals surface area (Å²) in [4.78, 5) is 7.94. The molecule has 21 heavy (non-hydrogen) atoms. The first-order valence-electron chi connectivity index (χ1n) is 5.96. The van der Waals surface area contributed by atoms with E-state index in [2.05, 4.69) is 20.6 Å². The highest BCUT2D eigenvalue weighted by Crippen LogP contribution is 2.34. The van der Waals surface area contributed by atoms with Crippen molar-refractivity contribution in [2.75, 3.05) is 24.8 Å². The van der Waals surface area contributed by atoms with E-state index >= 15 is 0 Å². The van der Waals surface area contributed by atoms with Crippen molar-refractivity contribution in [3.8, 4) is 5.75 Å². The Bertz CT molecular complexity index is 631. The van der Waals surface area contributed by atoms with Crippen LogP contribution in [0, 0.1) is 0 Å². The topological polar surface area (TPSA) is 59.1 Å². The first-order chi connectivity index (χ1) is 9.95. The zero-order valence-corrected chi connectivity index (χ0v) is 11.3. The van der Waals surface area contributed by atoms with Crippen LogP contribution in [0.4, 0.5) is 30.5 Å². The van der Waals surface area contributed by atoms with Crippen molar-refractivity contribution in [2.45, 2.75) is 6.18 Å². The van der Waals surface area contributed by atoms with Gasteiger partial charge in [0, 0.05) is 12.7 Å². The van der Waals surface area contributed by atoms with E-state index in [4.69, 9.17) is 4.74 Å². The van der Waals surface area contributed by atoms with Crippen molar-refractivity contribution in [2.24, 2.45) is 0 Å². The van der Waals surface area contributed by atoms with Crippen LogP contribution in [-0.2, 0) is 6.18 Å². The molecular formula is C13H13F3N4O. The van der Waals surface area contributed by atoms with E-state index in [0.29, 0.717) is 11.6 Å². The summed E-state index contributed by atoms with van der Waals surface area (Å²) < 4.78 is 43.2. The van der Waals surface area contributed by atoms with Crippen molar-refractivity contribution in [3.05, 3.63) is 36.2 Å². The number of anilines is 3. The maximum absolute atomic E-state index is 12.7. The lowest BCUT2D eigenvalue weighted by atomic mass is 10.2. The van der Waals surface area contributed by atoms with Crippen LogP contribution < -0.4 is 15.4 Å². The summed E-state index contributed by atoms with van der Waals surface area (Å²) >= 11 is 0. The van der Waals surface area contributed by atoms with E-state index in [1.54, 1.807) is 7.05 Å². The largest absolute Gasteiger partial charge is 0.490 e. The maximum Gasteiger partial charge on any atom is 0.416 e. The SMILES string of the molecule is CNc1ncnc(Nc2cccc(C(F)(F)F)c2)c1OC. The van der Waals surface area contributed by atoms with Gasteiger partial charge in [-0.1, -0.05) is 6.07 Å². The fourth-order valence-corrected chi connectivity index (χ4v) is 1.74. The van der Waals surface area contributed by atoms with Gasteiger partial charge in [-0.15, -0.1) is 0 Å². The summed E-state index contributed by atoms with van der Waals surface area (Å²) in [5.41, 5.74) is -0.488. The molecule has 1 heterocycles. The van der Waals surface area contributed by atoms with Gasteiger partial charge in [0.2, 0.25) is 5.75 Å². The summed E-state index contributed by atoms with van der Waals surface area (Å²) in [5, 5.41) is 5.61. The number of benzene rings is 1. The lowest BCUT2D eigenvalue weighted by molar-refractivity contribution is -0.137. The summed E-state index contributed by atoms with van der Waals surface area (Å²) in [7, 11) is 3.08. The van der Waals surface area contributed by atoms with E-state index in [1.165, 1.54) is 25.6 Å². The van der Waals surface area contributed by atoms with Crippen LogP contribution in [0.3, 0.4) is 0 Å². The number of hydrogen-bond donors (Lipinski definition) is 2. The zero-order chi connectivity index (χ0) is 15.5. The van der Waals surface area contributed by atoms with Crippen molar-refractivity contribution in [1.82, 2.24) is 9.97 Å². The molecule has 0 atom stereocenters. The Hall–Kier alpha value is -2.51. The second kappa shape index (κ2) is 5.86. The van der Waals surface area contributed by atoms with Crippen molar-refractivity contribution >= 4 is 17.3 Å². The predicted octanol–water partition coefficient (Wildman–Crippen LogP) is 3.29. The van der Waals surface area contributed by atoms with Crippen LogP contribution in [0.25, 0.3) is 0 Å². The molecule has 1 aromatic heterocycles.